The predicted molar refractivity (Wildman–Crippen MR) is 57.2 cm³/mol. The summed E-state index contributed by atoms with van der Waals surface area (Å²) in [5.41, 5.74) is 0. The van der Waals surface area contributed by atoms with Crippen LogP contribution in [0.1, 0.15) is 26.2 Å². The van der Waals surface area contributed by atoms with Gasteiger partial charge in [-0.2, -0.15) is 13.2 Å². The van der Waals surface area contributed by atoms with E-state index in [1.54, 1.807) is 0 Å². The van der Waals surface area contributed by atoms with Crippen molar-refractivity contribution in [2.75, 3.05) is 19.6 Å². The largest absolute Gasteiger partial charge is 0.390 e. The average Bonchev–Trinajstić information content (AvgIpc) is 2.67. The molecule has 0 aromatic rings. The van der Waals surface area contributed by atoms with Gasteiger partial charge < -0.3 is 4.90 Å². The molecule has 1 saturated heterocycles. The van der Waals surface area contributed by atoms with Gasteiger partial charge in [-0.15, -0.1) is 0 Å². The minimum absolute atomic E-state index is 0.0185. The Kier molecular flexibility index (Phi) is 7.05. The number of allylic oxidation sites excluding steroid dienone is 1. The monoisotopic (exact) mass is 237 g/mol. The maximum Gasteiger partial charge on any atom is 0.390 e. The van der Waals surface area contributed by atoms with Crippen LogP contribution in [0.3, 0.4) is 0 Å². The number of halogens is 3. The van der Waals surface area contributed by atoms with E-state index in [-0.39, 0.29) is 12.3 Å². The zero-order valence-electron chi connectivity index (χ0n) is 9.52. The zero-order valence-corrected chi connectivity index (χ0v) is 9.52. The molecule has 1 aliphatic heterocycles. The number of hydrogen-bond donors (Lipinski definition) is 0. The highest BCUT2D eigenvalue weighted by atomic mass is 19.4. The van der Waals surface area contributed by atoms with Gasteiger partial charge in [-0.1, -0.05) is 6.58 Å². The molecule has 0 radical (unpaired) electrons. The van der Waals surface area contributed by atoms with Crippen molar-refractivity contribution in [1.82, 2.24) is 4.90 Å². The number of hydrogen-bond acceptors (Lipinski definition) is 2. The van der Waals surface area contributed by atoms with Gasteiger partial charge in [0.1, 0.15) is 0 Å². The van der Waals surface area contributed by atoms with Crippen molar-refractivity contribution in [2.45, 2.75) is 32.4 Å². The van der Waals surface area contributed by atoms with E-state index in [4.69, 9.17) is 0 Å². The van der Waals surface area contributed by atoms with Crippen LogP contribution < -0.4 is 0 Å². The molecule has 0 N–H and O–H groups in total. The predicted octanol–water partition coefficient (Wildman–Crippen LogP) is 2.80. The Balaban J connectivity index is 0.000000385. The third-order valence-corrected chi connectivity index (χ3v) is 2.20. The first-order valence-corrected chi connectivity index (χ1v) is 5.27. The first-order valence-electron chi connectivity index (χ1n) is 5.27. The molecule has 0 amide bonds. The van der Waals surface area contributed by atoms with Crippen LogP contribution in [-0.4, -0.2) is 36.5 Å². The van der Waals surface area contributed by atoms with Crippen LogP contribution in [0.2, 0.25) is 0 Å². The van der Waals surface area contributed by atoms with E-state index in [0.717, 1.165) is 25.9 Å². The second-order valence-corrected chi connectivity index (χ2v) is 3.73. The normalized spacial score (nSPS) is 16.5. The van der Waals surface area contributed by atoms with E-state index in [2.05, 4.69) is 6.58 Å². The molecule has 0 saturated carbocycles. The Hall–Kier alpha value is -0.840. The minimum atomic E-state index is -3.98. The molecule has 1 rings (SSSR count). The number of likely N-dealkylation sites (tertiary alicyclic amines) is 1. The molecule has 1 heterocycles. The standard InChI is InChI=1S/C7H12F3N.C4H6O/c8-7(9,10)3-6-11-4-1-2-5-11;1-3-4(2)5/h1-6H2;3H,1H2,2H3. The van der Waals surface area contributed by atoms with Crippen molar-refractivity contribution in [3.63, 3.8) is 0 Å². The Labute approximate surface area is 94.1 Å². The molecule has 0 aromatic heterocycles. The molecule has 0 aliphatic carbocycles. The fraction of sp³-hybridized carbons (Fsp3) is 0.727. The first kappa shape index (κ1) is 15.2. The maximum atomic E-state index is 11.7. The van der Waals surface area contributed by atoms with Crippen molar-refractivity contribution >= 4 is 5.78 Å². The SMILES string of the molecule is C=CC(C)=O.FC(F)(F)CCN1CCCC1. The van der Waals surface area contributed by atoms with Gasteiger partial charge in [0, 0.05) is 6.54 Å². The lowest BCUT2D eigenvalue weighted by Gasteiger charge is -2.15. The van der Waals surface area contributed by atoms with E-state index in [0.29, 0.717) is 0 Å². The molecule has 16 heavy (non-hydrogen) atoms. The average molecular weight is 237 g/mol. The lowest BCUT2D eigenvalue weighted by Crippen LogP contribution is -2.25. The number of nitrogens with zero attached hydrogens (tertiary/aromatic N) is 1. The fourth-order valence-electron chi connectivity index (χ4n) is 1.29. The Morgan fingerprint density at radius 3 is 2.12 bits per heavy atom. The first-order chi connectivity index (χ1) is 7.35. The van der Waals surface area contributed by atoms with Crippen LogP contribution in [0, 0.1) is 0 Å². The number of rotatable bonds is 3. The van der Waals surface area contributed by atoms with Crippen LogP contribution in [-0.2, 0) is 4.79 Å². The molecule has 5 heteroatoms. The van der Waals surface area contributed by atoms with Gasteiger partial charge in [0.15, 0.2) is 5.78 Å². The highest BCUT2D eigenvalue weighted by molar-refractivity contribution is 5.86. The Morgan fingerprint density at radius 1 is 1.38 bits per heavy atom. The van der Waals surface area contributed by atoms with Gasteiger partial charge in [0.05, 0.1) is 6.42 Å². The summed E-state index contributed by atoms with van der Waals surface area (Å²) in [5.74, 6) is 0.0185. The van der Waals surface area contributed by atoms with Gasteiger partial charge >= 0.3 is 6.18 Å². The number of carbonyl (C=O) groups is 1. The lowest BCUT2D eigenvalue weighted by molar-refractivity contribution is -0.137. The molecule has 0 aromatic carbocycles. The Morgan fingerprint density at radius 2 is 1.81 bits per heavy atom. The van der Waals surface area contributed by atoms with E-state index >= 15 is 0 Å². The third-order valence-electron chi connectivity index (χ3n) is 2.20. The van der Waals surface area contributed by atoms with Gasteiger partial charge in [-0.05, 0) is 38.9 Å². The molecule has 0 unspecified atom stereocenters. The Bertz CT molecular complexity index is 220. The summed E-state index contributed by atoms with van der Waals surface area (Å²) in [6.45, 7) is 6.55. The molecule has 0 atom stereocenters. The highest BCUT2D eigenvalue weighted by Gasteiger charge is 2.28. The van der Waals surface area contributed by atoms with Gasteiger partial charge in [0.25, 0.3) is 0 Å². The zero-order chi connectivity index (χ0) is 12.6. The van der Waals surface area contributed by atoms with Crippen LogP contribution in [0.5, 0.6) is 0 Å². The van der Waals surface area contributed by atoms with Crippen molar-refractivity contribution in [2.24, 2.45) is 0 Å². The van der Waals surface area contributed by atoms with Crippen LogP contribution in [0.4, 0.5) is 13.2 Å². The topological polar surface area (TPSA) is 20.3 Å². The molecule has 94 valence electrons. The van der Waals surface area contributed by atoms with Crippen molar-refractivity contribution in [3.05, 3.63) is 12.7 Å². The number of ketones is 1. The number of alkyl halides is 3. The summed E-state index contributed by atoms with van der Waals surface area (Å²) in [5, 5.41) is 0. The summed E-state index contributed by atoms with van der Waals surface area (Å²) in [6.07, 6.45) is -1.26. The number of carbonyl (C=O) groups excluding carboxylic acids is 1. The van der Waals surface area contributed by atoms with E-state index < -0.39 is 12.6 Å². The van der Waals surface area contributed by atoms with Gasteiger partial charge in [0.2, 0.25) is 0 Å². The highest BCUT2D eigenvalue weighted by Crippen LogP contribution is 2.20. The molecule has 0 bridgehead atoms. The van der Waals surface area contributed by atoms with Gasteiger partial charge in [-0.3, -0.25) is 4.79 Å². The van der Waals surface area contributed by atoms with Crippen LogP contribution in [0.15, 0.2) is 12.7 Å². The van der Waals surface area contributed by atoms with Crippen molar-refractivity contribution in [3.8, 4) is 0 Å². The maximum absolute atomic E-state index is 11.7. The van der Waals surface area contributed by atoms with Crippen molar-refractivity contribution in [1.29, 1.82) is 0 Å². The fourth-order valence-corrected chi connectivity index (χ4v) is 1.29. The van der Waals surface area contributed by atoms with E-state index in [9.17, 15) is 18.0 Å². The summed E-state index contributed by atoms with van der Waals surface area (Å²) in [6, 6.07) is 0. The van der Waals surface area contributed by atoms with Crippen LogP contribution in [0.25, 0.3) is 0 Å². The summed E-state index contributed by atoms with van der Waals surface area (Å²) >= 11 is 0. The molecule has 1 fully saturated rings. The molecule has 1 aliphatic rings. The lowest BCUT2D eigenvalue weighted by atomic mass is 10.4. The second-order valence-electron chi connectivity index (χ2n) is 3.73. The molecular formula is C11H18F3NO. The van der Waals surface area contributed by atoms with E-state index in [1.807, 2.05) is 4.90 Å². The molecule has 2 nitrogen and oxygen atoms in total. The summed E-state index contributed by atoms with van der Waals surface area (Å²) in [7, 11) is 0. The second kappa shape index (κ2) is 7.44. The minimum Gasteiger partial charge on any atom is -0.303 e. The van der Waals surface area contributed by atoms with Crippen molar-refractivity contribution < 1.29 is 18.0 Å². The molecular weight excluding hydrogens is 219 g/mol. The summed E-state index contributed by atoms with van der Waals surface area (Å²) < 4.78 is 35.0. The molecule has 0 spiro atoms. The summed E-state index contributed by atoms with van der Waals surface area (Å²) in [4.78, 5) is 11.6. The quantitative estimate of drug-likeness (QED) is 0.703. The van der Waals surface area contributed by atoms with E-state index in [1.165, 1.54) is 13.0 Å². The smallest absolute Gasteiger partial charge is 0.303 e. The van der Waals surface area contributed by atoms with Crippen LogP contribution >= 0.6 is 0 Å². The van der Waals surface area contributed by atoms with Gasteiger partial charge in [-0.25, -0.2) is 0 Å². The third kappa shape index (κ3) is 9.71.